The minimum absolute atomic E-state index is 0.0940. The first-order chi connectivity index (χ1) is 10.2. The van der Waals surface area contributed by atoms with Gasteiger partial charge < -0.3 is 10.1 Å². The number of rotatable bonds is 6. The van der Waals surface area contributed by atoms with Crippen LogP contribution < -0.4 is 10.1 Å². The Morgan fingerprint density at radius 2 is 2.00 bits per heavy atom. The van der Waals surface area contributed by atoms with Gasteiger partial charge in [-0.15, -0.1) is 0 Å². The van der Waals surface area contributed by atoms with Crippen molar-refractivity contribution in [1.29, 1.82) is 0 Å². The van der Waals surface area contributed by atoms with E-state index in [0.29, 0.717) is 11.6 Å². The molecular formula is C17H19ClFNO. The summed E-state index contributed by atoms with van der Waals surface area (Å²) >= 11 is 6.20. The first-order valence-electron chi connectivity index (χ1n) is 7.06. The number of nitrogens with one attached hydrogen (secondary N) is 1. The van der Waals surface area contributed by atoms with Crippen LogP contribution in [0.25, 0.3) is 0 Å². The minimum Gasteiger partial charge on any atom is -0.494 e. The maximum Gasteiger partial charge on any atom is 0.124 e. The standard InChI is InChI=1S/C17H19ClFNO/c1-3-20-17(15-9-8-13(19)11-16(15)18)12-6-5-7-14(10-12)21-4-2/h5-11,17,20H,3-4H2,1-2H3. The highest BCUT2D eigenvalue weighted by molar-refractivity contribution is 6.31. The largest absolute Gasteiger partial charge is 0.494 e. The lowest BCUT2D eigenvalue weighted by Crippen LogP contribution is -2.22. The minimum atomic E-state index is -0.331. The van der Waals surface area contributed by atoms with Gasteiger partial charge in [-0.3, -0.25) is 0 Å². The molecule has 2 rings (SSSR count). The summed E-state index contributed by atoms with van der Waals surface area (Å²) in [4.78, 5) is 0. The fourth-order valence-corrected chi connectivity index (χ4v) is 2.57. The SMILES string of the molecule is CCNC(c1cccc(OCC)c1)c1ccc(F)cc1Cl. The summed E-state index contributed by atoms with van der Waals surface area (Å²) < 4.78 is 18.8. The third kappa shape index (κ3) is 3.96. The second kappa shape index (κ2) is 7.43. The molecule has 2 aromatic rings. The van der Waals surface area contributed by atoms with Gasteiger partial charge in [-0.05, 0) is 48.9 Å². The molecule has 0 bridgehead atoms. The zero-order valence-electron chi connectivity index (χ0n) is 12.2. The van der Waals surface area contributed by atoms with E-state index in [-0.39, 0.29) is 11.9 Å². The van der Waals surface area contributed by atoms with Crippen molar-refractivity contribution in [1.82, 2.24) is 5.32 Å². The Hall–Kier alpha value is -1.58. The average Bonchev–Trinajstić information content (AvgIpc) is 2.46. The van der Waals surface area contributed by atoms with E-state index in [4.69, 9.17) is 16.3 Å². The molecule has 0 saturated carbocycles. The second-order valence-electron chi connectivity index (χ2n) is 4.66. The van der Waals surface area contributed by atoms with Gasteiger partial charge in [0, 0.05) is 5.02 Å². The van der Waals surface area contributed by atoms with E-state index in [1.165, 1.54) is 12.1 Å². The molecular weight excluding hydrogens is 289 g/mol. The topological polar surface area (TPSA) is 21.3 Å². The maximum atomic E-state index is 13.2. The van der Waals surface area contributed by atoms with Crippen LogP contribution in [0.5, 0.6) is 5.75 Å². The highest BCUT2D eigenvalue weighted by Crippen LogP contribution is 2.30. The van der Waals surface area contributed by atoms with Gasteiger partial charge in [0.25, 0.3) is 0 Å². The number of ether oxygens (including phenoxy) is 1. The summed E-state index contributed by atoms with van der Waals surface area (Å²) in [6.45, 7) is 5.37. The highest BCUT2D eigenvalue weighted by atomic mass is 35.5. The Morgan fingerprint density at radius 1 is 1.19 bits per heavy atom. The molecule has 0 saturated heterocycles. The van der Waals surface area contributed by atoms with E-state index >= 15 is 0 Å². The highest BCUT2D eigenvalue weighted by Gasteiger charge is 2.17. The molecule has 0 radical (unpaired) electrons. The van der Waals surface area contributed by atoms with Crippen LogP contribution in [0.4, 0.5) is 4.39 Å². The zero-order chi connectivity index (χ0) is 15.2. The lowest BCUT2D eigenvalue weighted by atomic mass is 9.98. The number of halogens is 2. The first kappa shape index (κ1) is 15.8. The number of hydrogen-bond acceptors (Lipinski definition) is 2. The quantitative estimate of drug-likeness (QED) is 0.843. The molecule has 0 amide bonds. The summed E-state index contributed by atoms with van der Waals surface area (Å²) in [5, 5.41) is 3.80. The predicted octanol–water partition coefficient (Wildman–Crippen LogP) is 4.58. The third-order valence-electron chi connectivity index (χ3n) is 3.18. The molecule has 1 unspecified atom stereocenters. The van der Waals surface area contributed by atoms with Crippen LogP contribution in [0.1, 0.15) is 31.0 Å². The van der Waals surface area contributed by atoms with Crippen molar-refractivity contribution in [3.8, 4) is 5.75 Å². The van der Waals surface area contributed by atoms with Gasteiger partial charge >= 0.3 is 0 Å². The van der Waals surface area contributed by atoms with Crippen LogP contribution in [0, 0.1) is 5.82 Å². The summed E-state index contributed by atoms with van der Waals surface area (Å²) in [5.41, 5.74) is 1.89. The van der Waals surface area contributed by atoms with Gasteiger partial charge in [0.1, 0.15) is 11.6 Å². The van der Waals surface area contributed by atoms with Crippen LogP contribution in [-0.2, 0) is 0 Å². The van der Waals surface area contributed by atoms with Crippen LogP contribution in [0.15, 0.2) is 42.5 Å². The summed E-state index contributed by atoms with van der Waals surface area (Å²) in [5.74, 6) is 0.484. The molecule has 0 aliphatic heterocycles. The fourth-order valence-electron chi connectivity index (χ4n) is 2.30. The normalized spacial score (nSPS) is 12.2. The lowest BCUT2D eigenvalue weighted by Gasteiger charge is -2.21. The molecule has 4 heteroatoms. The van der Waals surface area contributed by atoms with Crippen molar-refractivity contribution >= 4 is 11.6 Å². The van der Waals surface area contributed by atoms with E-state index in [1.807, 2.05) is 38.1 Å². The monoisotopic (exact) mass is 307 g/mol. The molecule has 112 valence electrons. The Labute approximate surface area is 129 Å². The first-order valence-corrected chi connectivity index (χ1v) is 7.44. The molecule has 1 N–H and O–H groups in total. The Bertz CT molecular complexity index is 603. The van der Waals surface area contributed by atoms with Crippen LogP contribution in [0.2, 0.25) is 5.02 Å². The molecule has 0 spiro atoms. The Kier molecular flexibility index (Phi) is 5.59. The summed E-state index contributed by atoms with van der Waals surface area (Å²) in [6.07, 6.45) is 0. The molecule has 2 nitrogen and oxygen atoms in total. The van der Waals surface area contributed by atoms with Crippen LogP contribution in [0.3, 0.4) is 0 Å². The van der Waals surface area contributed by atoms with Crippen molar-refractivity contribution in [3.05, 3.63) is 64.4 Å². The number of hydrogen-bond donors (Lipinski definition) is 1. The van der Waals surface area contributed by atoms with E-state index in [0.717, 1.165) is 23.4 Å². The Balaban J connectivity index is 2.40. The third-order valence-corrected chi connectivity index (χ3v) is 3.51. The summed E-state index contributed by atoms with van der Waals surface area (Å²) in [7, 11) is 0. The second-order valence-corrected chi connectivity index (χ2v) is 5.07. The van der Waals surface area contributed by atoms with E-state index in [9.17, 15) is 4.39 Å². The fraction of sp³-hybridized carbons (Fsp3) is 0.294. The Morgan fingerprint density at radius 3 is 2.67 bits per heavy atom. The van der Waals surface area contributed by atoms with Crippen LogP contribution in [-0.4, -0.2) is 13.2 Å². The van der Waals surface area contributed by atoms with Crippen molar-refractivity contribution in [2.75, 3.05) is 13.2 Å². The molecule has 2 aromatic carbocycles. The molecule has 0 fully saturated rings. The predicted molar refractivity (Wildman–Crippen MR) is 84.5 cm³/mol. The van der Waals surface area contributed by atoms with Crippen molar-refractivity contribution in [2.24, 2.45) is 0 Å². The zero-order valence-corrected chi connectivity index (χ0v) is 13.0. The van der Waals surface area contributed by atoms with Gasteiger partial charge in [-0.2, -0.15) is 0 Å². The lowest BCUT2D eigenvalue weighted by molar-refractivity contribution is 0.339. The maximum absolute atomic E-state index is 13.2. The van der Waals surface area contributed by atoms with Gasteiger partial charge in [0.15, 0.2) is 0 Å². The van der Waals surface area contributed by atoms with Crippen LogP contribution >= 0.6 is 11.6 Å². The van der Waals surface area contributed by atoms with E-state index < -0.39 is 0 Å². The molecule has 1 atom stereocenters. The molecule has 0 aliphatic carbocycles. The van der Waals surface area contributed by atoms with Crippen molar-refractivity contribution in [2.45, 2.75) is 19.9 Å². The van der Waals surface area contributed by atoms with Crippen molar-refractivity contribution in [3.63, 3.8) is 0 Å². The van der Waals surface area contributed by atoms with Crippen molar-refractivity contribution < 1.29 is 9.13 Å². The smallest absolute Gasteiger partial charge is 0.124 e. The molecule has 0 aliphatic rings. The van der Waals surface area contributed by atoms with Gasteiger partial charge in [-0.1, -0.05) is 36.7 Å². The molecule has 21 heavy (non-hydrogen) atoms. The van der Waals surface area contributed by atoms with Gasteiger partial charge in [0.05, 0.1) is 12.6 Å². The van der Waals surface area contributed by atoms with Gasteiger partial charge in [0.2, 0.25) is 0 Å². The molecule has 0 heterocycles. The average molecular weight is 308 g/mol. The molecule has 0 aromatic heterocycles. The number of benzene rings is 2. The summed E-state index contributed by atoms with van der Waals surface area (Å²) in [6, 6.07) is 12.3. The van der Waals surface area contributed by atoms with E-state index in [1.54, 1.807) is 6.07 Å². The van der Waals surface area contributed by atoms with E-state index in [2.05, 4.69) is 5.32 Å². The van der Waals surface area contributed by atoms with Gasteiger partial charge in [-0.25, -0.2) is 4.39 Å².